The monoisotopic (exact) mass is 380 g/mol. The van der Waals surface area contributed by atoms with Gasteiger partial charge in [0.15, 0.2) is 0 Å². The van der Waals surface area contributed by atoms with E-state index < -0.39 is 0 Å². The van der Waals surface area contributed by atoms with Crippen molar-refractivity contribution >= 4 is 45.6 Å². The number of halogens is 2. The van der Waals surface area contributed by atoms with Crippen LogP contribution in [0.15, 0.2) is 15.9 Å². The zero-order valence-corrected chi connectivity index (χ0v) is 15.0. The number of hydrogen-bond acceptors (Lipinski definition) is 3. The lowest BCUT2D eigenvalue weighted by atomic mass is 9.93. The molecule has 1 amide bonds. The molecule has 0 radical (unpaired) electrons. The lowest BCUT2D eigenvalue weighted by Crippen LogP contribution is -2.30. The van der Waals surface area contributed by atoms with Crippen molar-refractivity contribution in [2.24, 2.45) is 5.92 Å². The molecule has 1 N–H and O–H groups in total. The van der Waals surface area contributed by atoms with Crippen LogP contribution in [0, 0.1) is 5.92 Å². The van der Waals surface area contributed by atoms with E-state index in [4.69, 9.17) is 0 Å². The second kappa shape index (κ2) is 9.03. The molecule has 3 nitrogen and oxygen atoms in total. The molecule has 2 heterocycles. The SMILES string of the molecule is CN(Cc1cc(Br)cs1)C(=O)CCC1CCNCC1.Cl. The number of nitrogens with zero attached hydrogens (tertiary/aromatic N) is 1. The maximum atomic E-state index is 12.1. The summed E-state index contributed by atoms with van der Waals surface area (Å²) in [7, 11) is 1.90. The highest BCUT2D eigenvalue weighted by Gasteiger charge is 2.16. The van der Waals surface area contributed by atoms with E-state index in [0.29, 0.717) is 6.42 Å². The molecule has 0 unspecified atom stereocenters. The van der Waals surface area contributed by atoms with Gasteiger partial charge in [-0.2, -0.15) is 0 Å². The van der Waals surface area contributed by atoms with Crippen LogP contribution in [0.4, 0.5) is 0 Å². The third-order valence-corrected chi connectivity index (χ3v) is 5.35. The molecule has 1 aliphatic heterocycles. The third kappa shape index (κ3) is 5.72. The number of rotatable bonds is 5. The Kier molecular flexibility index (Phi) is 8.10. The normalized spacial score (nSPS) is 15.7. The number of piperidine rings is 1. The number of hydrogen-bond donors (Lipinski definition) is 1. The topological polar surface area (TPSA) is 32.3 Å². The van der Waals surface area contributed by atoms with Gasteiger partial charge < -0.3 is 10.2 Å². The summed E-state index contributed by atoms with van der Waals surface area (Å²) < 4.78 is 1.10. The molecule has 1 aliphatic rings. The molecule has 0 aromatic carbocycles. The lowest BCUT2D eigenvalue weighted by Gasteiger charge is -2.23. The van der Waals surface area contributed by atoms with E-state index in [2.05, 4.69) is 32.7 Å². The molecule has 1 saturated heterocycles. The maximum Gasteiger partial charge on any atom is 0.222 e. The third-order valence-electron chi connectivity index (χ3n) is 3.67. The Hall–Kier alpha value is -0.100. The van der Waals surface area contributed by atoms with Gasteiger partial charge >= 0.3 is 0 Å². The smallest absolute Gasteiger partial charge is 0.222 e. The molecule has 6 heteroatoms. The molecule has 0 spiro atoms. The quantitative estimate of drug-likeness (QED) is 0.844. The average Bonchev–Trinajstić information content (AvgIpc) is 2.82. The Morgan fingerprint density at radius 1 is 1.50 bits per heavy atom. The Balaban J connectivity index is 0.00000200. The largest absolute Gasteiger partial charge is 0.341 e. The zero-order valence-electron chi connectivity index (χ0n) is 11.7. The number of carbonyl (C=O) groups is 1. The molecule has 0 atom stereocenters. The Labute approximate surface area is 139 Å². The van der Waals surface area contributed by atoms with Gasteiger partial charge in [0.05, 0.1) is 6.54 Å². The Morgan fingerprint density at radius 2 is 2.20 bits per heavy atom. The molecule has 1 aromatic heterocycles. The van der Waals surface area contributed by atoms with Crippen molar-refractivity contribution in [3.8, 4) is 0 Å². The van der Waals surface area contributed by atoms with Crippen LogP contribution in [-0.2, 0) is 11.3 Å². The van der Waals surface area contributed by atoms with Gasteiger partial charge in [-0.25, -0.2) is 0 Å². The summed E-state index contributed by atoms with van der Waals surface area (Å²) in [5.74, 6) is 0.998. The Bertz CT molecular complexity index is 421. The van der Waals surface area contributed by atoms with Crippen LogP contribution in [-0.4, -0.2) is 30.9 Å². The van der Waals surface area contributed by atoms with Crippen LogP contribution in [0.25, 0.3) is 0 Å². The molecule has 2 rings (SSSR count). The van der Waals surface area contributed by atoms with Gasteiger partial charge in [-0.15, -0.1) is 23.7 Å². The van der Waals surface area contributed by atoms with Gasteiger partial charge in [0, 0.05) is 28.2 Å². The number of thiophene rings is 1. The summed E-state index contributed by atoms with van der Waals surface area (Å²) in [5.41, 5.74) is 0. The zero-order chi connectivity index (χ0) is 13.7. The van der Waals surface area contributed by atoms with Gasteiger partial charge in [0.1, 0.15) is 0 Å². The van der Waals surface area contributed by atoms with E-state index in [-0.39, 0.29) is 18.3 Å². The fourth-order valence-electron chi connectivity index (χ4n) is 2.45. The fourth-order valence-corrected chi connectivity index (χ4v) is 3.95. The van der Waals surface area contributed by atoms with Crippen molar-refractivity contribution in [2.75, 3.05) is 20.1 Å². The van der Waals surface area contributed by atoms with Crippen molar-refractivity contribution in [1.82, 2.24) is 10.2 Å². The van der Waals surface area contributed by atoms with Crippen molar-refractivity contribution in [3.63, 3.8) is 0 Å². The van der Waals surface area contributed by atoms with E-state index >= 15 is 0 Å². The Morgan fingerprint density at radius 3 is 2.80 bits per heavy atom. The summed E-state index contributed by atoms with van der Waals surface area (Å²) >= 11 is 5.14. The summed E-state index contributed by atoms with van der Waals surface area (Å²) in [5, 5.41) is 5.42. The molecule has 0 bridgehead atoms. The highest BCUT2D eigenvalue weighted by Crippen LogP contribution is 2.22. The number of carbonyl (C=O) groups excluding carboxylic acids is 1. The van der Waals surface area contributed by atoms with Crippen LogP contribution in [0.5, 0.6) is 0 Å². The lowest BCUT2D eigenvalue weighted by molar-refractivity contribution is -0.130. The van der Waals surface area contributed by atoms with Crippen LogP contribution in [0.2, 0.25) is 0 Å². The number of nitrogens with one attached hydrogen (secondary N) is 1. The summed E-state index contributed by atoms with van der Waals surface area (Å²) in [4.78, 5) is 15.2. The van der Waals surface area contributed by atoms with E-state index in [1.54, 1.807) is 11.3 Å². The molecular weight excluding hydrogens is 360 g/mol. The minimum Gasteiger partial charge on any atom is -0.341 e. The average molecular weight is 382 g/mol. The van der Waals surface area contributed by atoms with Crippen molar-refractivity contribution in [1.29, 1.82) is 0 Å². The highest BCUT2D eigenvalue weighted by atomic mass is 79.9. The van der Waals surface area contributed by atoms with E-state index in [1.165, 1.54) is 17.7 Å². The molecule has 0 saturated carbocycles. The second-order valence-electron chi connectivity index (χ2n) is 5.21. The summed E-state index contributed by atoms with van der Waals surface area (Å²) in [6, 6.07) is 2.08. The van der Waals surface area contributed by atoms with Crippen LogP contribution < -0.4 is 5.32 Å². The van der Waals surface area contributed by atoms with E-state index in [9.17, 15) is 4.79 Å². The van der Waals surface area contributed by atoms with Crippen molar-refractivity contribution in [3.05, 3.63) is 20.8 Å². The predicted molar refractivity (Wildman–Crippen MR) is 90.6 cm³/mol. The molecular formula is C14H22BrClN2OS. The molecule has 0 aliphatic carbocycles. The van der Waals surface area contributed by atoms with E-state index in [0.717, 1.165) is 36.4 Å². The molecule has 1 fully saturated rings. The predicted octanol–water partition coefficient (Wildman–Crippen LogP) is 3.67. The van der Waals surface area contributed by atoms with Gasteiger partial charge in [-0.05, 0) is 60.3 Å². The first-order valence-corrected chi connectivity index (χ1v) is 8.50. The van der Waals surface area contributed by atoms with Crippen molar-refractivity contribution in [2.45, 2.75) is 32.2 Å². The van der Waals surface area contributed by atoms with Gasteiger partial charge in [0.25, 0.3) is 0 Å². The van der Waals surface area contributed by atoms with Crippen LogP contribution in [0.1, 0.15) is 30.6 Å². The van der Waals surface area contributed by atoms with Crippen molar-refractivity contribution < 1.29 is 4.79 Å². The van der Waals surface area contributed by atoms with E-state index in [1.807, 2.05) is 11.9 Å². The minimum absolute atomic E-state index is 0. The first-order chi connectivity index (χ1) is 9.15. The highest BCUT2D eigenvalue weighted by molar-refractivity contribution is 9.10. The standard InChI is InChI=1S/C14H21BrN2OS.ClH/c1-17(9-13-8-12(15)10-19-13)14(18)3-2-11-4-6-16-7-5-11;/h8,10-11,16H,2-7,9H2,1H3;1H. The first kappa shape index (κ1) is 18.0. The fraction of sp³-hybridized carbons (Fsp3) is 0.643. The number of amides is 1. The first-order valence-electron chi connectivity index (χ1n) is 6.82. The maximum absolute atomic E-state index is 12.1. The van der Waals surface area contributed by atoms with Gasteiger partial charge in [0.2, 0.25) is 5.91 Å². The summed E-state index contributed by atoms with van der Waals surface area (Å²) in [6.07, 6.45) is 4.16. The minimum atomic E-state index is 0. The molecule has 20 heavy (non-hydrogen) atoms. The second-order valence-corrected chi connectivity index (χ2v) is 7.12. The molecule has 1 aromatic rings. The van der Waals surface area contributed by atoms with Crippen LogP contribution >= 0.6 is 39.7 Å². The summed E-state index contributed by atoms with van der Waals surface area (Å²) in [6.45, 7) is 2.94. The van der Waals surface area contributed by atoms with Gasteiger partial charge in [-0.3, -0.25) is 4.79 Å². The van der Waals surface area contributed by atoms with Gasteiger partial charge in [-0.1, -0.05) is 0 Å². The molecule has 114 valence electrons. The van der Waals surface area contributed by atoms with Crippen LogP contribution in [0.3, 0.4) is 0 Å².